The third-order valence-corrected chi connectivity index (χ3v) is 5.54. The first-order valence-electron chi connectivity index (χ1n) is 10.7. The van der Waals surface area contributed by atoms with E-state index >= 15 is 0 Å². The van der Waals surface area contributed by atoms with E-state index in [1.165, 1.54) is 0 Å². The Morgan fingerprint density at radius 1 is 0.969 bits per heavy atom. The number of epoxide rings is 1. The monoisotopic (exact) mass is 432 g/mol. The van der Waals surface area contributed by atoms with Crippen LogP contribution in [-0.4, -0.2) is 32.2 Å². The van der Waals surface area contributed by atoms with Crippen molar-refractivity contribution in [1.82, 2.24) is 0 Å². The highest BCUT2D eigenvalue weighted by molar-refractivity contribution is 6.03. The fraction of sp³-hybridized carbons (Fsp3) is 0.269. The molecule has 0 aliphatic carbocycles. The van der Waals surface area contributed by atoms with Crippen LogP contribution in [-0.2, 0) is 11.3 Å². The molecule has 0 amide bonds. The predicted octanol–water partition coefficient (Wildman–Crippen LogP) is 4.76. The van der Waals surface area contributed by atoms with Gasteiger partial charge in [-0.3, -0.25) is 4.79 Å². The molecule has 1 fully saturated rings. The molecule has 3 aromatic rings. The molecule has 0 saturated carbocycles. The number of hydrogen-bond acceptors (Lipinski definition) is 6. The van der Waals surface area contributed by atoms with E-state index in [-0.39, 0.29) is 11.9 Å². The summed E-state index contributed by atoms with van der Waals surface area (Å²) in [6.45, 7) is 1.60. The largest absolute Gasteiger partial charge is 0.497 e. The van der Waals surface area contributed by atoms with Crippen LogP contribution in [0, 0.1) is 0 Å². The summed E-state index contributed by atoms with van der Waals surface area (Å²) in [6.07, 6.45) is -0.0372. The Morgan fingerprint density at radius 3 is 2.59 bits per heavy atom. The number of ketones is 1. The van der Waals surface area contributed by atoms with E-state index in [4.69, 9.17) is 23.7 Å². The Morgan fingerprint density at radius 2 is 1.78 bits per heavy atom. The lowest BCUT2D eigenvalue weighted by molar-refractivity contribution is 0.0949. The molecule has 5 rings (SSSR count). The quantitative estimate of drug-likeness (QED) is 0.396. The van der Waals surface area contributed by atoms with E-state index in [1.54, 1.807) is 25.3 Å². The normalized spacial score (nSPS) is 19.0. The van der Waals surface area contributed by atoms with Gasteiger partial charge < -0.3 is 23.7 Å². The Balaban J connectivity index is 1.34. The summed E-state index contributed by atoms with van der Waals surface area (Å²) < 4.78 is 28.6. The van der Waals surface area contributed by atoms with Crippen LogP contribution >= 0.6 is 0 Å². The topological polar surface area (TPSA) is 66.5 Å². The Kier molecular flexibility index (Phi) is 5.69. The summed E-state index contributed by atoms with van der Waals surface area (Å²) >= 11 is 0. The van der Waals surface area contributed by atoms with Crippen molar-refractivity contribution in [2.24, 2.45) is 0 Å². The zero-order chi connectivity index (χ0) is 21.9. The van der Waals surface area contributed by atoms with Crippen LogP contribution in [0.2, 0.25) is 0 Å². The van der Waals surface area contributed by atoms with Gasteiger partial charge in [0.1, 0.15) is 24.2 Å². The maximum atomic E-state index is 13.3. The molecule has 2 aliphatic heterocycles. The first-order chi connectivity index (χ1) is 15.7. The molecule has 3 aromatic carbocycles. The fourth-order valence-corrected chi connectivity index (χ4v) is 3.76. The summed E-state index contributed by atoms with van der Waals surface area (Å²) in [5.41, 5.74) is 2.39. The van der Waals surface area contributed by atoms with Gasteiger partial charge >= 0.3 is 0 Å². The highest BCUT2D eigenvalue weighted by Crippen LogP contribution is 2.44. The summed E-state index contributed by atoms with van der Waals surface area (Å²) in [5, 5.41) is 0. The van der Waals surface area contributed by atoms with Crippen molar-refractivity contribution >= 4 is 5.78 Å². The second kappa shape index (κ2) is 8.93. The van der Waals surface area contributed by atoms with Crippen molar-refractivity contribution in [2.75, 3.05) is 20.3 Å². The molecule has 0 unspecified atom stereocenters. The number of methoxy groups -OCH3 is 1. The number of fused-ring (bicyclic) bond motifs is 1. The van der Waals surface area contributed by atoms with Gasteiger partial charge in [-0.15, -0.1) is 0 Å². The molecule has 0 bridgehead atoms. The van der Waals surface area contributed by atoms with Gasteiger partial charge in [-0.25, -0.2) is 0 Å². The highest BCUT2D eigenvalue weighted by atomic mass is 16.6. The van der Waals surface area contributed by atoms with E-state index < -0.39 is 6.10 Å². The molecule has 0 radical (unpaired) electrons. The van der Waals surface area contributed by atoms with Crippen molar-refractivity contribution in [3.8, 4) is 23.0 Å². The van der Waals surface area contributed by atoms with Crippen LogP contribution in [0.3, 0.4) is 0 Å². The molecular formula is C26H24O6. The molecule has 164 valence electrons. The van der Waals surface area contributed by atoms with Gasteiger partial charge in [0.25, 0.3) is 0 Å². The van der Waals surface area contributed by atoms with E-state index in [0.717, 1.165) is 23.3 Å². The van der Waals surface area contributed by atoms with E-state index in [2.05, 4.69) is 0 Å². The predicted molar refractivity (Wildman–Crippen MR) is 118 cm³/mol. The van der Waals surface area contributed by atoms with Gasteiger partial charge in [0.2, 0.25) is 0 Å². The standard InChI is InChI=1S/C26H24O6/c1-28-19-9-10-20(22(15-19)31-16-17-6-3-2-4-7-17)24(27)26-25(32-26)18-8-11-21-23(14-18)30-13-5-12-29-21/h2-4,6-11,14-15,25-26H,5,12-13,16H2,1H3/t25-,26+/m0/s1. The lowest BCUT2D eigenvalue weighted by atomic mass is 10.0. The minimum absolute atomic E-state index is 0.118. The summed E-state index contributed by atoms with van der Waals surface area (Å²) in [6, 6.07) is 20.7. The number of Topliss-reactive ketones (excluding diaryl/α,β-unsaturated/α-hetero) is 1. The molecule has 0 N–H and O–H groups in total. The molecule has 1 saturated heterocycles. The maximum Gasteiger partial charge on any atom is 0.198 e. The summed E-state index contributed by atoms with van der Waals surface area (Å²) in [4.78, 5) is 13.3. The molecule has 0 spiro atoms. The second-order valence-corrected chi connectivity index (χ2v) is 7.73. The lowest BCUT2D eigenvalue weighted by Gasteiger charge is -2.12. The molecule has 6 heteroatoms. The second-order valence-electron chi connectivity index (χ2n) is 7.73. The van der Waals surface area contributed by atoms with Crippen LogP contribution in [0.25, 0.3) is 0 Å². The Hall–Kier alpha value is -3.51. The highest BCUT2D eigenvalue weighted by Gasteiger charge is 2.47. The van der Waals surface area contributed by atoms with E-state index in [1.807, 2.05) is 48.5 Å². The fourth-order valence-electron chi connectivity index (χ4n) is 3.76. The van der Waals surface area contributed by atoms with Crippen LogP contribution in [0.5, 0.6) is 23.0 Å². The molecule has 2 aliphatic rings. The molecule has 2 heterocycles. The summed E-state index contributed by atoms with van der Waals surface area (Å²) in [5.74, 6) is 2.40. The smallest absolute Gasteiger partial charge is 0.198 e. The van der Waals surface area contributed by atoms with Gasteiger partial charge in [0, 0.05) is 12.5 Å². The number of rotatable bonds is 7. The van der Waals surface area contributed by atoms with Crippen LogP contribution < -0.4 is 18.9 Å². The van der Waals surface area contributed by atoms with Gasteiger partial charge in [0.05, 0.1) is 25.9 Å². The molecule has 32 heavy (non-hydrogen) atoms. The number of benzene rings is 3. The van der Waals surface area contributed by atoms with Gasteiger partial charge in [-0.1, -0.05) is 36.4 Å². The van der Waals surface area contributed by atoms with Crippen LogP contribution in [0.1, 0.15) is 34.0 Å². The Bertz CT molecular complexity index is 1110. The number of carbonyl (C=O) groups is 1. The van der Waals surface area contributed by atoms with Crippen LogP contribution in [0.15, 0.2) is 66.7 Å². The van der Waals surface area contributed by atoms with Crippen molar-refractivity contribution in [2.45, 2.75) is 25.2 Å². The SMILES string of the molecule is COc1ccc(C(=O)[C@H]2O[C@H]2c2ccc3c(c2)OCCCO3)c(OCc2ccccc2)c1. The third kappa shape index (κ3) is 4.27. The molecule has 0 aromatic heterocycles. The number of hydrogen-bond donors (Lipinski definition) is 0. The van der Waals surface area contributed by atoms with Crippen LogP contribution in [0.4, 0.5) is 0 Å². The van der Waals surface area contributed by atoms with Crippen molar-refractivity contribution in [3.63, 3.8) is 0 Å². The van der Waals surface area contributed by atoms with Gasteiger partial charge in [-0.2, -0.15) is 0 Å². The van der Waals surface area contributed by atoms with Crippen molar-refractivity contribution < 1.29 is 28.5 Å². The van der Waals surface area contributed by atoms with Gasteiger partial charge in [0.15, 0.2) is 23.4 Å². The first-order valence-corrected chi connectivity index (χ1v) is 10.7. The average molecular weight is 432 g/mol. The van der Waals surface area contributed by atoms with Gasteiger partial charge in [-0.05, 0) is 35.4 Å². The first kappa shape index (κ1) is 20.4. The van der Waals surface area contributed by atoms with Crippen molar-refractivity contribution in [3.05, 3.63) is 83.4 Å². The average Bonchev–Trinajstić information content (AvgIpc) is 3.66. The zero-order valence-electron chi connectivity index (χ0n) is 17.8. The molecule has 6 nitrogen and oxygen atoms in total. The Labute approximate surface area is 186 Å². The van der Waals surface area contributed by atoms with E-state index in [9.17, 15) is 4.79 Å². The number of carbonyl (C=O) groups excluding carboxylic acids is 1. The van der Waals surface area contributed by atoms with Crippen molar-refractivity contribution in [1.29, 1.82) is 0 Å². The number of ether oxygens (including phenoxy) is 5. The zero-order valence-corrected chi connectivity index (χ0v) is 17.8. The maximum absolute atomic E-state index is 13.3. The molecular weight excluding hydrogens is 408 g/mol. The minimum atomic E-state index is -0.563. The lowest BCUT2D eigenvalue weighted by Crippen LogP contribution is -2.11. The minimum Gasteiger partial charge on any atom is -0.497 e. The third-order valence-electron chi connectivity index (χ3n) is 5.54. The van der Waals surface area contributed by atoms with E-state index in [0.29, 0.717) is 42.6 Å². The molecule has 2 atom stereocenters. The summed E-state index contributed by atoms with van der Waals surface area (Å²) in [7, 11) is 1.59.